The number of pyridine rings is 1. The summed E-state index contributed by atoms with van der Waals surface area (Å²) in [5.41, 5.74) is 0.900. The Morgan fingerprint density at radius 2 is 1.68 bits per heavy atom. The molecule has 0 aliphatic heterocycles. The van der Waals surface area contributed by atoms with Gasteiger partial charge in [0.15, 0.2) is 0 Å². The van der Waals surface area contributed by atoms with E-state index in [2.05, 4.69) is 15.6 Å². The van der Waals surface area contributed by atoms with E-state index in [1.807, 2.05) is 0 Å². The van der Waals surface area contributed by atoms with Crippen LogP contribution >= 0.6 is 23.2 Å². The first kappa shape index (κ1) is 25.9. The molecule has 4 nitrogen and oxygen atoms in total. The van der Waals surface area contributed by atoms with Gasteiger partial charge in [0.25, 0.3) is 0 Å². The predicted octanol–water partition coefficient (Wildman–Crippen LogP) is 6.30. The smallest absolute Gasteiger partial charge is 0.358 e. The van der Waals surface area contributed by atoms with Gasteiger partial charge in [-0.05, 0) is 59.9 Å². The fraction of sp³-hybridized carbons (Fsp3) is 0.250. The summed E-state index contributed by atoms with van der Waals surface area (Å²) in [5.74, 6) is -0.775. The topological polar surface area (TPSA) is 54.0 Å². The van der Waals surface area contributed by atoms with Gasteiger partial charge in [0.05, 0.1) is 10.0 Å². The number of aromatic nitrogens is 1. The Kier molecular flexibility index (Phi) is 8.52. The van der Waals surface area contributed by atoms with Gasteiger partial charge in [-0.2, -0.15) is 13.2 Å². The number of carbonyl (C=O) groups is 1. The lowest BCUT2D eigenvalue weighted by molar-refractivity contribution is -0.141. The minimum atomic E-state index is -4.52. The standard InChI is InChI=1S/C24H21Cl2F4N3O/c1-31-23(34)22(15-4-7-17(27)8-5-15)33-20(16-6-9-18(25)19(26)12-16)10-2-14-3-11-21(32-13-14)24(28,29)30/h3-9,11-13,20,22,33H,2,10H2,1H3,(H,31,34). The van der Waals surface area contributed by atoms with E-state index in [4.69, 9.17) is 23.2 Å². The van der Waals surface area contributed by atoms with Crippen LogP contribution in [-0.2, 0) is 17.4 Å². The Morgan fingerprint density at radius 1 is 1.00 bits per heavy atom. The van der Waals surface area contributed by atoms with Crippen LogP contribution in [0.2, 0.25) is 10.0 Å². The number of benzene rings is 2. The summed E-state index contributed by atoms with van der Waals surface area (Å²) in [6, 6.07) is 11.6. The van der Waals surface area contributed by atoms with Gasteiger partial charge in [0.1, 0.15) is 17.6 Å². The monoisotopic (exact) mass is 513 g/mol. The molecule has 0 bridgehead atoms. The highest BCUT2D eigenvalue weighted by Gasteiger charge is 2.32. The average molecular weight is 514 g/mol. The number of nitrogens with zero attached hydrogens (tertiary/aromatic N) is 1. The number of nitrogens with one attached hydrogen (secondary N) is 2. The molecule has 0 aliphatic rings. The molecule has 1 aromatic heterocycles. The highest BCUT2D eigenvalue weighted by Crippen LogP contribution is 2.31. The molecule has 10 heteroatoms. The minimum Gasteiger partial charge on any atom is -0.358 e. The summed E-state index contributed by atoms with van der Waals surface area (Å²) in [4.78, 5) is 16.2. The third kappa shape index (κ3) is 6.68. The molecule has 0 saturated carbocycles. The highest BCUT2D eigenvalue weighted by molar-refractivity contribution is 6.42. The van der Waals surface area contributed by atoms with Crippen molar-refractivity contribution in [3.63, 3.8) is 0 Å². The zero-order chi connectivity index (χ0) is 24.9. The van der Waals surface area contributed by atoms with Crippen LogP contribution in [0.3, 0.4) is 0 Å². The van der Waals surface area contributed by atoms with Crippen LogP contribution in [0.25, 0.3) is 0 Å². The molecule has 0 fully saturated rings. The maximum absolute atomic E-state index is 13.4. The van der Waals surface area contributed by atoms with Crippen LogP contribution in [0.4, 0.5) is 17.6 Å². The van der Waals surface area contributed by atoms with Crippen molar-refractivity contribution in [2.75, 3.05) is 7.05 Å². The van der Waals surface area contributed by atoms with E-state index in [0.717, 1.165) is 11.6 Å². The lowest BCUT2D eigenvalue weighted by atomic mass is 9.96. The van der Waals surface area contributed by atoms with E-state index in [1.165, 1.54) is 43.6 Å². The molecule has 1 amide bonds. The van der Waals surface area contributed by atoms with Crippen LogP contribution < -0.4 is 10.6 Å². The van der Waals surface area contributed by atoms with Crippen molar-refractivity contribution in [3.8, 4) is 0 Å². The van der Waals surface area contributed by atoms with Crippen molar-refractivity contribution < 1.29 is 22.4 Å². The summed E-state index contributed by atoms with van der Waals surface area (Å²) in [5, 5.41) is 6.54. The van der Waals surface area contributed by atoms with Gasteiger partial charge >= 0.3 is 6.18 Å². The Balaban J connectivity index is 1.88. The van der Waals surface area contributed by atoms with E-state index in [9.17, 15) is 22.4 Å². The van der Waals surface area contributed by atoms with Crippen molar-refractivity contribution in [1.82, 2.24) is 15.6 Å². The molecular formula is C24H21Cl2F4N3O. The summed E-state index contributed by atoms with van der Waals surface area (Å²) in [6.45, 7) is 0. The van der Waals surface area contributed by atoms with Crippen LogP contribution in [-0.4, -0.2) is 17.9 Å². The molecule has 2 aromatic carbocycles. The lowest BCUT2D eigenvalue weighted by Crippen LogP contribution is -2.38. The molecule has 34 heavy (non-hydrogen) atoms. The molecule has 0 saturated heterocycles. The molecule has 0 radical (unpaired) electrons. The number of halogens is 6. The molecule has 180 valence electrons. The zero-order valence-corrected chi connectivity index (χ0v) is 19.5. The molecule has 3 rings (SSSR count). The maximum atomic E-state index is 13.4. The number of hydrogen-bond acceptors (Lipinski definition) is 3. The van der Waals surface area contributed by atoms with Crippen LogP contribution in [0.15, 0.2) is 60.8 Å². The van der Waals surface area contributed by atoms with Gasteiger partial charge in [-0.1, -0.05) is 47.5 Å². The third-order valence-electron chi connectivity index (χ3n) is 5.26. The summed E-state index contributed by atoms with van der Waals surface area (Å²) in [6.07, 6.45) is -2.56. The summed E-state index contributed by atoms with van der Waals surface area (Å²) >= 11 is 12.2. The number of carbonyl (C=O) groups excluding carboxylic acids is 1. The molecule has 2 unspecified atom stereocenters. The van der Waals surface area contributed by atoms with E-state index >= 15 is 0 Å². The Hall–Kier alpha value is -2.68. The number of likely N-dealkylation sites (N-methyl/N-ethyl adjacent to an activating group) is 1. The van der Waals surface area contributed by atoms with Gasteiger partial charge in [0.2, 0.25) is 5.91 Å². The van der Waals surface area contributed by atoms with Crippen molar-refractivity contribution >= 4 is 29.1 Å². The molecular weight excluding hydrogens is 493 g/mol. The fourth-order valence-electron chi connectivity index (χ4n) is 3.45. The van der Waals surface area contributed by atoms with Crippen molar-refractivity contribution in [3.05, 3.63) is 99.0 Å². The lowest BCUT2D eigenvalue weighted by Gasteiger charge is -2.26. The molecule has 1 heterocycles. The molecule has 2 atom stereocenters. The number of aryl methyl sites for hydroxylation is 1. The Morgan fingerprint density at radius 3 is 2.24 bits per heavy atom. The number of amides is 1. The first-order chi connectivity index (χ1) is 16.1. The van der Waals surface area contributed by atoms with Gasteiger partial charge in [-0.3, -0.25) is 15.1 Å². The van der Waals surface area contributed by atoms with E-state index in [1.54, 1.807) is 18.2 Å². The van der Waals surface area contributed by atoms with E-state index in [-0.39, 0.29) is 5.91 Å². The SMILES string of the molecule is CNC(=O)C(NC(CCc1ccc(C(F)(F)F)nc1)c1ccc(Cl)c(Cl)c1)c1ccc(F)cc1. The predicted molar refractivity (Wildman–Crippen MR) is 123 cm³/mol. The van der Waals surface area contributed by atoms with Gasteiger partial charge in [0, 0.05) is 19.3 Å². The second kappa shape index (κ2) is 11.2. The Bertz CT molecular complexity index is 1120. The largest absolute Gasteiger partial charge is 0.433 e. The van der Waals surface area contributed by atoms with Gasteiger partial charge in [-0.25, -0.2) is 4.39 Å². The Labute approximate surface area is 204 Å². The van der Waals surface area contributed by atoms with Gasteiger partial charge < -0.3 is 5.32 Å². The van der Waals surface area contributed by atoms with Crippen LogP contribution in [0, 0.1) is 5.82 Å². The maximum Gasteiger partial charge on any atom is 0.433 e. The summed E-state index contributed by atoms with van der Waals surface area (Å²) < 4.78 is 51.9. The van der Waals surface area contributed by atoms with E-state index < -0.39 is 29.8 Å². The number of rotatable bonds is 8. The van der Waals surface area contributed by atoms with Crippen LogP contribution in [0.1, 0.15) is 40.9 Å². The van der Waals surface area contributed by atoms with Crippen molar-refractivity contribution in [2.24, 2.45) is 0 Å². The second-order valence-electron chi connectivity index (χ2n) is 7.58. The number of hydrogen-bond donors (Lipinski definition) is 2. The van der Waals surface area contributed by atoms with Gasteiger partial charge in [-0.15, -0.1) is 0 Å². The minimum absolute atomic E-state index is 0.320. The van der Waals surface area contributed by atoms with Crippen molar-refractivity contribution in [1.29, 1.82) is 0 Å². The third-order valence-corrected chi connectivity index (χ3v) is 6.00. The zero-order valence-electron chi connectivity index (χ0n) is 18.0. The fourth-order valence-corrected chi connectivity index (χ4v) is 3.76. The normalized spacial score (nSPS) is 13.4. The van der Waals surface area contributed by atoms with E-state index in [0.29, 0.717) is 34.0 Å². The molecule has 3 aromatic rings. The average Bonchev–Trinajstić information content (AvgIpc) is 2.81. The molecule has 0 spiro atoms. The second-order valence-corrected chi connectivity index (χ2v) is 8.39. The molecule has 0 aliphatic carbocycles. The van der Waals surface area contributed by atoms with Crippen molar-refractivity contribution in [2.45, 2.75) is 31.1 Å². The quantitative estimate of drug-likeness (QED) is 0.347. The first-order valence-electron chi connectivity index (χ1n) is 10.3. The highest BCUT2D eigenvalue weighted by atomic mass is 35.5. The first-order valence-corrected chi connectivity index (χ1v) is 11.0. The molecule has 2 N–H and O–H groups in total. The number of alkyl halides is 3. The van der Waals surface area contributed by atoms with Crippen LogP contribution in [0.5, 0.6) is 0 Å². The summed E-state index contributed by atoms with van der Waals surface area (Å²) in [7, 11) is 1.49.